The van der Waals surface area contributed by atoms with Gasteiger partial charge in [-0.3, -0.25) is 4.68 Å². The van der Waals surface area contributed by atoms with E-state index in [0.717, 1.165) is 24.1 Å². The van der Waals surface area contributed by atoms with Crippen molar-refractivity contribution in [2.24, 2.45) is 13.0 Å². The Morgan fingerprint density at radius 2 is 2.22 bits per heavy atom. The number of halogens is 2. The predicted octanol–water partition coefficient (Wildman–Crippen LogP) is 2.59. The summed E-state index contributed by atoms with van der Waals surface area (Å²) in [5.74, 6) is 0.554. The molecule has 0 radical (unpaired) electrons. The Hall–Kier alpha value is -1.42. The Morgan fingerprint density at radius 1 is 1.39 bits per heavy atom. The lowest BCUT2D eigenvalue weighted by atomic mass is 9.96. The summed E-state index contributed by atoms with van der Waals surface area (Å²) in [5.41, 5.74) is 1.88. The number of hydrogen-bond donors (Lipinski definition) is 0. The van der Waals surface area contributed by atoms with Crippen molar-refractivity contribution in [2.75, 3.05) is 5.88 Å². The van der Waals surface area contributed by atoms with Gasteiger partial charge >= 0.3 is 0 Å². The molecular formula is C13H15ClFN3. The SMILES string of the molecule is Cn1cc(CC(CCl)Cc2cccc(F)c2)nn1. The van der Waals surface area contributed by atoms with Crippen molar-refractivity contribution in [3.63, 3.8) is 0 Å². The largest absolute Gasteiger partial charge is 0.255 e. The van der Waals surface area contributed by atoms with Crippen LogP contribution in [-0.4, -0.2) is 20.9 Å². The van der Waals surface area contributed by atoms with Crippen LogP contribution in [-0.2, 0) is 19.9 Å². The summed E-state index contributed by atoms with van der Waals surface area (Å²) in [4.78, 5) is 0. The highest BCUT2D eigenvalue weighted by atomic mass is 35.5. The standard InChI is InChI=1S/C13H15ClFN3/c1-18-9-13(16-17-18)7-11(8-14)5-10-3-2-4-12(15)6-10/h2-4,6,9,11H,5,7-8H2,1H3. The molecule has 1 aromatic heterocycles. The van der Waals surface area contributed by atoms with Gasteiger partial charge in [0.1, 0.15) is 5.82 Å². The van der Waals surface area contributed by atoms with Gasteiger partial charge in [0.15, 0.2) is 0 Å². The molecule has 18 heavy (non-hydrogen) atoms. The maximum atomic E-state index is 13.1. The van der Waals surface area contributed by atoms with E-state index in [0.29, 0.717) is 5.88 Å². The maximum absolute atomic E-state index is 13.1. The number of aromatic nitrogens is 3. The molecule has 0 amide bonds. The van der Waals surface area contributed by atoms with E-state index in [2.05, 4.69) is 10.3 Å². The number of benzene rings is 1. The summed E-state index contributed by atoms with van der Waals surface area (Å²) >= 11 is 5.97. The molecule has 0 N–H and O–H groups in total. The van der Waals surface area contributed by atoms with Crippen molar-refractivity contribution in [1.29, 1.82) is 0 Å². The molecule has 5 heteroatoms. The van der Waals surface area contributed by atoms with Gasteiger partial charge in [0.25, 0.3) is 0 Å². The summed E-state index contributed by atoms with van der Waals surface area (Å²) in [7, 11) is 1.83. The molecule has 3 nitrogen and oxygen atoms in total. The highest BCUT2D eigenvalue weighted by Gasteiger charge is 2.12. The summed E-state index contributed by atoms with van der Waals surface area (Å²) in [6.07, 6.45) is 3.39. The molecule has 1 unspecified atom stereocenters. The second-order valence-electron chi connectivity index (χ2n) is 4.44. The first-order valence-corrected chi connectivity index (χ1v) is 6.36. The minimum atomic E-state index is -0.208. The van der Waals surface area contributed by atoms with Crippen LogP contribution < -0.4 is 0 Å². The van der Waals surface area contributed by atoms with Gasteiger partial charge in [-0.2, -0.15) is 0 Å². The van der Waals surface area contributed by atoms with Crippen molar-refractivity contribution in [1.82, 2.24) is 15.0 Å². The van der Waals surface area contributed by atoms with Crippen LogP contribution in [0.1, 0.15) is 11.3 Å². The third-order valence-electron chi connectivity index (χ3n) is 2.78. The first kappa shape index (κ1) is 13.0. The fourth-order valence-electron chi connectivity index (χ4n) is 1.96. The molecule has 1 heterocycles. The van der Waals surface area contributed by atoms with Crippen LogP contribution >= 0.6 is 11.6 Å². The Labute approximate surface area is 111 Å². The molecule has 1 atom stereocenters. The number of nitrogens with zero attached hydrogens (tertiary/aromatic N) is 3. The van der Waals surface area contributed by atoms with Gasteiger partial charge in [0, 0.05) is 19.1 Å². The highest BCUT2D eigenvalue weighted by molar-refractivity contribution is 6.18. The summed E-state index contributed by atoms with van der Waals surface area (Å²) in [5, 5.41) is 7.93. The van der Waals surface area contributed by atoms with Gasteiger partial charge in [-0.1, -0.05) is 17.3 Å². The molecule has 0 saturated heterocycles. The van der Waals surface area contributed by atoms with Crippen LogP contribution in [0.4, 0.5) is 4.39 Å². The molecule has 0 aliphatic heterocycles. The van der Waals surface area contributed by atoms with Crippen LogP contribution in [0.3, 0.4) is 0 Å². The molecule has 0 aliphatic rings. The third kappa shape index (κ3) is 3.53. The van der Waals surface area contributed by atoms with Gasteiger partial charge in [-0.05, 0) is 36.5 Å². The van der Waals surface area contributed by atoms with Crippen LogP contribution in [0.25, 0.3) is 0 Å². The topological polar surface area (TPSA) is 30.7 Å². The lowest BCUT2D eigenvalue weighted by molar-refractivity contribution is 0.568. The Kier molecular flexibility index (Phi) is 4.31. The predicted molar refractivity (Wildman–Crippen MR) is 69.0 cm³/mol. The first-order valence-electron chi connectivity index (χ1n) is 5.83. The minimum absolute atomic E-state index is 0.208. The molecule has 2 rings (SSSR count). The normalized spacial score (nSPS) is 12.6. The zero-order valence-corrected chi connectivity index (χ0v) is 10.9. The smallest absolute Gasteiger partial charge is 0.123 e. The number of aryl methyl sites for hydroxylation is 1. The third-order valence-corrected chi connectivity index (χ3v) is 3.22. The lowest BCUT2D eigenvalue weighted by Gasteiger charge is -2.12. The molecule has 0 bridgehead atoms. The summed E-state index contributed by atoms with van der Waals surface area (Å²) < 4.78 is 14.8. The summed E-state index contributed by atoms with van der Waals surface area (Å²) in [6.45, 7) is 0. The highest BCUT2D eigenvalue weighted by Crippen LogP contribution is 2.15. The van der Waals surface area contributed by atoms with Gasteiger partial charge in [0.2, 0.25) is 0 Å². The number of alkyl halides is 1. The van der Waals surface area contributed by atoms with Crippen LogP contribution in [0, 0.1) is 11.7 Å². The molecule has 0 spiro atoms. The van der Waals surface area contributed by atoms with Crippen LogP contribution in [0.15, 0.2) is 30.5 Å². The van der Waals surface area contributed by atoms with Gasteiger partial charge in [-0.15, -0.1) is 16.7 Å². The van der Waals surface area contributed by atoms with Gasteiger partial charge < -0.3 is 0 Å². The second-order valence-corrected chi connectivity index (χ2v) is 4.75. The van der Waals surface area contributed by atoms with E-state index in [1.54, 1.807) is 16.8 Å². The molecule has 0 saturated carbocycles. The minimum Gasteiger partial charge on any atom is -0.255 e. The molecule has 0 fully saturated rings. The van der Waals surface area contributed by atoms with E-state index in [1.807, 2.05) is 19.3 Å². The van der Waals surface area contributed by atoms with Crippen molar-refractivity contribution in [3.05, 3.63) is 47.5 Å². The Balaban J connectivity index is 2.01. The quantitative estimate of drug-likeness (QED) is 0.780. The monoisotopic (exact) mass is 267 g/mol. The van der Waals surface area contributed by atoms with Crippen molar-refractivity contribution in [2.45, 2.75) is 12.8 Å². The fraction of sp³-hybridized carbons (Fsp3) is 0.385. The van der Waals surface area contributed by atoms with E-state index >= 15 is 0 Å². The maximum Gasteiger partial charge on any atom is 0.123 e. The lowest BCUT2D eigenvalue weighted by Crippen LogP contribution is -2.10. The average molecular weight is 268 g/mol. The number of hydrogen-bond acceptors (Lipinski definition) is 2. The zero-order chi connectivity index (χ0) is 13.0. The van der Waals surface area contributed by atoms with Crippen LogP contribution in [0.2, 0.25) is 0 Å². The molecule has 2 aromatic rings. The van der Waals surface area contributed by atoms with E-state index in [4.69, 9.17) is 11.6 Å². The summed E-state index contributed by atoms with van der Waals surface area (Å²) in [6, 6.07) is 6.63. The zero-order valence-electron chi connectivity index (χ0n) is 10.2. The molecular weight excluding hydrogens is 253 g/mol. The first-order chi connectivity index (χ1) is 8.67. The molecule has 96 valence electrons. The van der Waals surface area contributed by atoms with E-state index in [-0.39, 0.29) is 11.7 Å². The van der Waals surface area contributed by atoms with Crippen molar-refractivity contribution < 1.29 is 4.39 Å². The molecule has 1 aromatic carbocycles. The Morgan fingerprint density at radius 3 is 2.83 bits per heavy atom. The van der Waals surface area contributed by atoms with Gasteiger partial charge in [0.05, 0.1) is 5.69 Å². The van der Waals surface area contributed by atoms with Crippen LogP contribution in [0.5, 0.6) is 0 Å². The van der Waals surface area contributed by atoms with Crippen molar-refractivity contribution in [3.8, 4) is 0 Å². The van der Waals surface area contributed by atoms with Gasteiger partial charge in [-0.25, -0.2) is 4.39 Å². The van der Waals surface area contributed by atoms with E-state index in [1.165, 1.54) is 6.07 Å². The van der Waals surface area contributed by atoms with E-state index < -0.39 is 0 Å². The van der Waals surface area contributed by atoms with Crippen molar-refractivity contribution >= 4 is 11.6 Å². The second kappa shape index (κ2) is 5.96. The van der Waals surface area contributed by atoms with E-state index in [9.17, 15) is 4.39 Å². The number of rotatable bonds is 5. The fourth-order valence-corrected chi connectivity index (χ4v) is 2.18. The molecule has 0 aliphatic carbocycles. The average Bonchev–Trinajstić information content (AvgIpc) is 2.74. The Bertz CT molecular complexity index is 512.